The molecule has 2 atom stereocenters. The van der Waals surface area contributed by atoms with E-state index < -0.39 is 18.1 Å². The molecule has 1 aromatic carbocycles. The number of hydrogen-bond donors (Lipinski definition) is 3. The molecule has 0 radical (unpaired) electrons. The lowest BCUT2D eigenvalue weighted by Crippen LogP contribution is -2.33. The number of amides is 1. The SMILES string of the molecule is CCc1cc(-c2noc(-c3cc(CC(C)C)cc(C)n3)n2)cc(C)c1OC[C@@H](O)CC(O)C(N)=O. The quantitative estimate of drug-likeness (QED) is 0.378. The molecule has 0 spiro atoms. The predicted molar refractivity (Wildman–Crippen MR) is 132 cm³/mol. The van der Waals surface area contributed by atoms with E-state index in [1.807, 2.05) is 39.0 Å². The molecule has 0 saturated heterocycles. The van der Waals surface area contributed by atoms with Gasteiger partial charge < -0.3 is 25.2 Å². The van der Waals surface area contributed by atoms with Crippen LogP contribution in [-0.4, -0.2) is 50.1 Å². The lowest BCUT2D eigenvalue weighted by atomic mass is 10.0. The van der Waals surface area contributed by atoms with E-state index in [9.17, 15) is 15.0 Å². The molecule has 0 fully saturated rings. The van der Waals surface area contributed by atoms with Gasteiger partial charge in [-0.1, -0.05) is 25.9 Å². The number of carbonyl (C=O) groups excluding carboxylic acids is 1. The highest BCUT2D eigenvalue weighted by Crippen LogP contribution is 2.31. The van der Waals surface area contributed by atoms with Crippen molar-refractivity contribution in [1.29, 1.82) is 0 Å². The van der Waals surface area contributed by atoms with Gasteiger partial charge in [-0.2, -0.15) is 4.98 Å². The van der Waals surface area contributed by atoms with E-state index in [0.29, 0.717) is 35.5 Å². The van der Waals surface area contributed by atoms with Gasteiger partial charge in [0, 0.05) is 17.7 Å². The molecule has 0 aliphatic heterocycles. The van der Waals surface area contributed by atoms with Crippen LogP contribution in [0.25, 0.3) is 23.0 Å². The summed E-state index contributed by atoms with van der Waals surface area (Å²) in [5.74, 6) is 1.08. The zero-order chi connectivity index (χ0) is 25.7. The first-order valence-corrected chi connectivity index (χ1v) is 11.8. The fourth-order valence-electron chi connectivity index (χ4n) is 3.95. The number of aromatic nitrogens is 3. The Bertz CT molecular complexity index is 1170. The number of pyridine rings is 1. The van der Waals surface area contributed by atoms with E-state index in [1.54, 1.807) is 0 Å². The van der Waals surface area contributed by atoms with Crippen LogP contribution in [0, 0.1) is 19.8 Å². The van der Waals surface area contributed by atoms with Crippen LogP contribution in [0.1, 0.15) is 49.6 Å². The molecule has 1 amide bonds. The summed E-state index contributed by atoms with van der Waals surface area (Å²) in [6.07, 6.45) is -1.03. The number of nitrogens with two attached hydrogens (primary N) is 1. The number of primary amides is 1. The largest absolute Gasteiger partial charge is 0.490 e. The maximum absolute atomic E-state index is 11.0. The van der Waals surface area contributed by atoms with E-state index in [1.165, 1.54) is 5.56 Å². The highest BCUT2D eigenvalue weighted by atomic mass is 16.5. The molecule has 9 heteroatoms. The number of aliphatic hydroxyl groups excluding tert-OH is 2. The van der Waals surface area contributed by atoms with Crippen molar-refractivity contribution >= 4 is 5.91 Å². The third-order valence-electron chi connectivity index (χ3n) is 5.54. The summed E-state index contributed by atoms with van der Waals surface area (Å²) in [6.45, 7) is 10.1. The van der Waals surface area contributed by atoms with Crippen LogP contribution < -0.4 is 10.5 Å². The zero-order valence-corrected chi connectivity index (χ0v) is 20.9. The average molecular weight is 483 g/mol. The Labute approximate surface area is 205 Å². The highest BCUT2D eigenvalue weighted by molar-refractivity contribution is 5.78. The van der Waals surface area contributed by atoms with E-state index in [2.05, 4.69) is 35.0 Å². The summed E-state index contributed by atoms with van der Waals surface area (Å²) in [4.78, 5) is 20.2. The smallest absolute Gasteiger partial charge is 0.276 e. The van der Waals surface area contributed by atoms with E-state index in [-0.39, 0.29) is 13.0 Å². The maximum Gasteiger partial charge on any atom is 0.276 e. The standard InChI is InChI=1S/C26H34N4O5/c1-6-18-11-19(8-15(4)23(18)34-13-20(31)12-22(32)24(27)33)25-29-26(35-30-25)21-10-17(7-14(2)3)9-16(5)28-21/h8-11,14,20,22,31-32H,6-7,12-13H2,1-5H3,(H2,27,33)/t20-,22?/m0/s1. The second-order valence-electron chi connectivity index (χ2n) is 9.28. The monoisotopic (exact) mass is 482 g/mol. The van der Waals surface area contributed by atoms with Gasteiger partial charge in [0.1, 0.15) is 24.2 Å². The van der Waals surface area contributed by atoms with Crippen molar-refractivity contribution in [3.63, 3.8) is 0 Å². The molecule has 3 rings (SSSR count). The third-order valence-corrected chi connectivity index (χ3v) is 5.54. The summed E-state index contributed by atoms with van der Waals surface area (Å²) in [7, 11) is 0. The maximum atomic E-state index is 11.0. The Morgan fingerprint density at radius 3 is 2.54 bits per heavy atom. The van der Waals surface area contributed by atoms with Crippen molar-refractivity contribution in [2.75, 3.05) is 6.61 Å². The summed E-state index contributed by atoms with van der Waals surface area (Å²) < 4.78 is 11.4. The van der Waals surface area contributed by atoms with Gasteiger partial charge >= 0.3 is 0 Å². The number of carbonyl (C=O) groups is 1. The van der Waals surface area contributed by atoms with Gasteiger partial charge in [0.2, 0.25) is 11.7 Å². The van der Waals surface area contributed by atoms with Crippen molar-refractivity contribution < 1.29 is 24.3 Å². The Hall–Kier alpha value is -3.30. The Kier molecular flexibility index (Phi) is 8.58. The Morgan fingerprint density at radius 1 is 1.14 bits per heavy atom. The molecule has 3 aromatic rings. The normalized spacial score (nSPS) is 13.1. The molecular weight excluding hydrogens is 448 g/mol. The van der Waals surface area contributed by atoms with Crippen LogP contribution in [0.3, 0.4) is 0 Å². The minimum atomic E-state index is -1.42. The van der Waals surface area contributed by atoms with E-state index >= 15 is 0 Å². The van der Waals surface area contributed by atoms with Crippen LogP contribution >= 0.6 is 0 Å². The molecule has 188 valence electrons. The molecule has 0 bridgehead atoms. The number of hydrogen-bond acceptors (Lipinski definition) is 8. The summed E-state index contributed by atoms with van der Waals surface area (Å²) in [6, 6.07) is 7.88. The van der Waals surface area contributed by atoms with Crippen LogP contribution in [-0.2, 0) is 17.6 Å². The van der Waals surface area contributed by atoms with Gasteiger partial charge in [0.25, 0.3) is 5.89 Å². The first kappa shape index (κ1) is 26.3. The fourth-order valence-corrected chi connectivity index (χ4v) is 3.95. The van der Waals surface area contributed by atoms with Crippen molar-refractivity contribution in [3.05, 3.63) is 46.6 Å². The molecule has 0 aliphatic rings. The van der Waals surface area contributed by atoms with Crippen molar-refractivity contribution in [2.45, 2.75) is 66.1 Å². The third kappa shape index (κ3) is 6.86. The minimum absolute atomic E-state index is 0.0817. The highest BCUT2D eigenvalue weighted by Gasteiger charge is 2.20. The summed E-state index contributed by atoms with van der Waals surface area (Å²) in [5.41, 5.74) is 10.3. The van der Waals surface area contributed by atoms with Crippen molar-refractivity contribution in [2.24, 2.45) is 11.7 Å². The average Bonchev–Trinajstić information content (AvgIpc) is 3.27. The lowest BCUT2D eigenvalue weighted by molar-refractivity contribution is -0.127. The lowest BCUT2D eigenvalue weighted by Gasteiger charge is -2.18. The van der Waals surface area contributed by atoms with Gasteiger partial charge in [0.05, 0.1) is 6.10 Å². The topological polar surface area (TPSA) is 145 Å². The molecule has 9 nitrogen and oxygen atoms in total. The first-order chi connectivity index (χ1) is 16.6. The molecular formula is C26H34N4O5. The number of aliphatic hydroxyl groups is 2. The van der Waals surface area contributed by atoms with Crippen LogP contribution in [0.4, 0.5) is 0 Å². The van der Waals surface area contributed by atoms with Gasteiger partial charge in [-0.25, -0.2) is 4.98 Å². The number of aryl methyl sites for hydroxylation is 3. The summed E-state index contributed by atoms with van der Waals surface area (Å²) in [5, 5.41) is 23.8. The van der Waals surface area contributed by atoms with E-state index in [0.717, 1.165) is 28.8 Å². The van der Waals surface area contributed by atoms with Crippen molar-refractivity contribution in [3.8, 4) is 28.7 Å². The number of rotatable bonds is 11. The fraction of sp³-hybridized carbons (Fsp3) is 0.462. The first-order valence-electron chi connectivity index (χ1n) is 11.8. The molecule has 0 saturated carbocycles. The molecule has 35 heavy (non-hydrogen) atoms. The second-order valence-corrected chi connectivity index (χ2v) is 9.28. The van der Waals surface area contributed by atoms with Gasteiger partial charge in [0.15, 0.2) is 0 Å². The van der Waals surface area contributed by atoms with Crippen LogP contribution in [0.2, 0.25) is 0 Å². The molecule has 2 aromatic heterocycles. The zero-order valence-electron chi connectivity index (χ0n) is 20.9. The number of nitrogens with zero attached hydrogens (tertiary/aromatic N) is 3. The summed E-state index contributed by atoms with van der Waals surface area (Å²) >= 11 is 0. The number of ether oxygens (including phenoxy) is 1. The molecule has 1 unspecified atom stereocenters. The Morgan fingerprint density at radius 2 is 1.89 bits per heavy atom. The molecule has 0 aliphatic carbocycles. The van der Waals surface area contributed by atoms with Crippen LogP contribution in [0.5, 0.6) is 5.75 Å². The number of benzene rings is 1. The predicted octanol–water partition coefficient (Wildman–Crippen LogP) is 3.15. The van der Waals surface area contributed by atoms with Gasteiger partial charge in [-0.3, -0.25) is 4.79 Å². The van der Waals surface area contributed by atoms with Gasteiger partial charge in [-0.05, 0) is 73.6 Å². The minimum Gasteiger partial charge on any atom is -0.490 e. The van der Waals surface area contributed by atoms with Crippen molar-refractivity contribution in [1.82, 2.24) is 15.1 Å². The van der Waals surface area contributed by atoms with Gasteiger partial charge in [-0.15, -0.1) is 0 Å². The van der Waals surface area contributed by atoms with E-state index in [4.69, 9.17) is 15.0 Å². The molecule has 4 N–H and O–H groups in total. The second kappa shape index (κ2) is 11.4. The van der Waals surface area contributed by atoms with Crippen LogP contribution in [0.15, 0.2) is 28.8 Å². The Balaban J connectivity index is 1.81. The molecule has 2 heterocycles.